The van der Waals surface area contributed by atoms with Gasteiger partial charge in [-0.25, -0.2) is 9.59 Å². The number of rotatable bonds is 10. The lowest BCUT2D eigenvalue weighted by atomic mass is 9.71. The van der Waals surface area contributed by atoms with E-state index in [0.717, 1.165) is 16.7 Å². The molecule has 196 valence electrons. The second-order valence-corrected chi connectivity index (χ2v) is 9.79. The topological polar surface area (TPSA) is 121 Å². The fourth-order valence-electron chi connectivity index (χ4n) is 3.60. The van der Waals surface area contributed by atoms with Gasteiger partial charge in [0, 0.05) is 6.42 Å². The Hall–Kier alpha value is -3.29. The van der Waals surface area contributed by atoms with Crippen LogP contribution in [-0.4, -0.2) is 51.4 Å². The van der Waals surface area contributed by atoms with Crippen LogP contribution >= 0.6 is 0 Å². The molecule has 3 N–H and O–H groups in total. The van der Waals surface area contributed by atoms with Crippen LogP contribution in [0.2, 0.25) is 0 Å². The van der Waals surface area contributed by atoms with E-state index < -0.39 is 41.4 Å². The third-order valence-corrected chi connectivity index (χ3v) is 5.67. The van der Waals surface area contributed by atoms with Gasteiger partial charge < -0.3 is 20.1 Å². The Morgan fingerprint density at radius 2 is 1.50 bits per heavy atom. The van der Waals surface area contributed by atoms with E-state index in [1.54, 1.807) is 6.92 Å². The predicted molar refractivity (Wildman–Crippen MR) is 140 cm³/mol. The summed E-state index contributed by atoms with van der Waals surface area (Å²) in [6.45, 7) is 13.5. The molecule has 0 bridgehead atoms. The molecule has 3 atom stereocenters. The van der Waals surface area contributed by atoms with E-state index in [1.807, 2.05) is 96.2 Å². The molecule has 0 aromatic heterocycles. The first kappa shape index (κ1) is 30.7. The number of carboxylic acids is 1. The van der Waals surface area contributed by atoms with Crippen LogP contribution in [0.1, 0.15) is 54.9 Å². The molecule has 0 saturated carbocycles. The minimum atomic E-state index is -2.33. The summed E-state index contributed by atoms with van der Waals surface area (Å²) in [5.41, 5.74) is 3.98. The predicted octanol–water partition coefficient (Wildman–Crippen LogP) is 4.55. The summed E-state index contributed by atoms with van der Waals surface area (Å²) in [5, 5.41) is 27.8. The zero-order chi connectivity index (χ0) is 27.6. The van der Waals surface area contributed by atoms with Crippen LogP contribution in [0, 0.1) is 5.41 Å². The van der Waals surface area contributed by atoms with Crippen LogP contribution < -0.4 is 0 Å². The summed E-state index contributed by atoms with van der Waals surface area (Å²) in [5.74, 6) is -3.55. The number of carboxylic acid groups (broad SMARTS) is 1. The minimum Gasteiger partial charge on any atom is -0.479 e. The van der Waals surface area contributed by atoms with Crippen molar-refractivity contribution in [1.29, 1.82) is 0 Å². The van der Waals surface area contributed by atoms with Crippen LogP contribution in [0.3, 0.4) is 0 Å². The maximum absolute atomic E-state index is 12.9. The Morgan fingerprint density at radius 1 is 0.944 bits per heavy atom. The number of Topliss-reactive ketones (excluding diaryl/α,β-unsaturated/α-hetero) is 1. The molecule has 7 heteroatoms. The molecule has 0 radical (unpaired) electrons. The van der Waals surface area contributed by atoms with E-state index in [-0.39, 0.29) is 6.42 Å². The summed E-state index contributed by atoms with van der Waals surface area (Å²) in [6, 6.07) is 0. The molecule has 1 rings (SSSR count). The van der Waals surface area contributed by atoms with Crippen molar-refractivity contribution in [1.82, 2.24) is 0 Å². The molecular weight excluding hydrogens is 460 g/mol. The smallest absolute Gasteiger partial charge is 0.339 e. The van der Waals surface area contributed by atoms with Gasteiger partial charge in [0.15, 0.2) is 24.1 Å². The van der Waals surface area contributed by atoms with Gasteiger partial charge in [-0.2, -0.15) is 0 Å². The highest BCUT2D eigenvalue weighted by Gasteiger charge is 2.41. The van der Waals surface area contributed by atoms with E-state index in [9.17, 15) is 24.6 Å². The van der Waals surface area contributed by atoms with Crippen LogP contribution in [-0.2, 0) is 19.1 Å². The number of aliphatic hydroxyl groups excluding tert-OH is 2. The Labute approximate surface area is 213 Å². The van der Waals surface area contributed by atoms with Crippen molar-refractivity contribution < 1.29 is 34.4 Å². The van der Waals surface area contributed by atoms with Crippen molar-refractivity contribution in [2.75, 3.05) is 0 Å². The average Bonchev–Trinajstić information content (AvgIpc) is 2.78. The monoisotopic (exact) mass is 498 g/mol. The molecule has 0 heterocycles. The SMILES string of the molecule is CC(C)=CC=CC=C(C)C=CC=C(C)C=CC1=C(C)C(=O)C(OC(=O)C(O)C(O)C(=O)O)CC1(C)C. The Morgan fingerprint density at radius 3 is 2.08 bits per heavy atom. The fraction of sp³-hybridized carbons (Fsp3) is 0.414. The van der Waals surface area contributed by atoms with Gasteiger partial charge in [0.1, 0.15) is 0 Å². The lowest BCUT2D eigenvalue weighted by Gasteiger charge is -2.36. The quantitative estimate of drug-likeness (QED) is 0.298. The van der Waals surface area contributed by atoms with Crippen molar-refractivity contribution in [3.05, 3.63) is 82.5 Å². The molecule has 36 heavy (non-hydrogen) atoms. The number of aliphatic hydroxyl groups is 2. The Kier molecular flexibility index (Phi) is 11.7. The van der Waals surface area contributed by atoms with Crippen LogP contribution in [0.5, 0.6) is 0 Å². The van der Waals surface area contributed by atoms with E-state index >= 15 is 0 Å². The lowest BCUT2D eigenvalue weighted by molar-refractivity contribution is -0.175. The van der Waals surface area contributed by atoms with E-state index in [1.165, 1.54) is 5.57 Å². The normalized spacial score (nSPS) is 20.8. The third-order valence-electron chi connectivity index (χ3n) is 5.67. The lowest BCUT2D eigenvalue weighted by Crippen LogP contribution is -2.45. The van der Waals surface area contributed by atoms with Crippen LogP contribution in [0.4, 0.5) is 0 Å². The molecule has 0 aliphatic heterocycles. The minimum absolute atomic E-state index is 0.150. The maximum atomic E-state index is 12.9. The second-order valence-electron chi connectivity index (χ2n) is 9.79. The van der Waals surface area contributed by atoms with Gasteiger partial charge in [0.2, 0.25) is 0 Å². The van der Waals surface area contributed by atoms with Gasteiger partial charge in [-0.1, -0.05) is 85.3 Å². The number of carbonyl (C=O) groups excluding carboxylic acids is 2. The van der Waals surface area contributed by atoms with Gasteiger partial charge in [-0.15, -0.1) is 0 Å². The number of hydrogen-bond acceptors (Lipinski definition) is 6. The van der Waals surface area contributed by atoms with Gasteiger partial charge >= 0.3 is 11.9 Å². The number of ketones is 1. The molecule has 0 aromatic carbocycles. The number of esters is 1. The van der Waals surface area contributed by atoms with Crippen molar-refractivity contribution in [2.24, 2.45) is 5.41 Å². The molecule has 1 aliphatic rings. The highest BCUT2D eigenvalue weighted by atomic mass is 16.6. The summed E-state index contributed by atoms with van der Waals surface area (Å²) < 4.78 is 5.09. The van der Waals surface area contributed by atoms with E-state index in [2.05, 4.69) is 0 Å². The highest BCUT2D eigenvalue weighted by molar-refractivity contribution is 6.02. The van der Waals surface area contributed by atoms with Crippen LogP contribution in [0.25, 0.3) is 0 Å². The van der Waals surface area contributed by atoms with E-state index in [4.69, 9.17) is 9.84 Å². The first-order valence-electron chi connectivity index (χ1n) is 11.7. The van der Waals surface area contributed by atoms with Gasteiger partial charge in [-0.05, 0) is 51.2 Å². The molecule has 3 unspecified atom stereocenters. The average molecular weight is 499 g/mol. The summed E-state index contributed by atoms with van der Waals surface area (Å²) in [6.07, 6.45) is 12.1. The molecule has 0 spiro atoms. The number of carbonyl (C=O) groups is 3. The second kappa shape index (κ2) is 13.7. The Balaban J connectivity index is 2.97. The number of hydrogen-bond donors (Lipinski definition) is 3. The fourth-order valence-corrected chi connectivity index (χ4v) is 3.60. The summed E-state index contributed by atoms with van der Waals surface area (Å²) in [7, 11) is 0. The standard InChI is InChI=1S/C29H38O7/c1-18(2)11-8-9-12-19(3)13-10-14-20(4)15-16-22-21(5)24(30)23(17-29(22,6)7)36-28(35)26(32)25(31)27(33)34/h8-16,23,25-26,31-32H,17H2,1-7H3,(H,33,34). The Bertz CT molecular complexity index is 1060. The molecule has 0 amide bonds. The van der Waals surface area contributed by atoms with Crippen LogP contribution in [0.15, 0.2) is 82.5 Å². The first-order valence-corrected chi connectivity index (χ1v) is 11.7. The number of aliphatic carboxylic acids is 1. The summed E-state index contributed by atoms with van der Waals surface area (Å²) in [4.78, 5) is 35.7. The molecule has 0 aromatic rings. The van der Waals surface area contributed by atoms with Crippen molar-refractivity contribution in [2.45, 2.75) is 73.2 Å². The van der Waals surface area contributed by atoms with Gasteiger partial charge in [-0.3, -0.25) is 4.79 Å². The molecule has 0 fully saturated rings. The largest absolute Gasteiger partial charge is 0.479 e. The zero-order valence-corrected chi connectivity index (χ0v) is 22.1. The maximum Gasteiger partial charge on any atom is 0.339 e. The molecule has 0 saturated heterocycles. The molecule has 1 aliphatic carbocycles. The van der Waals surface area contributed by atoms with Gasteiger partial charge in [0.05, 0.1) is 0 Å². The zero-order valence-electron chi connectivity index (χ0n) is 22.1. The van der Waals surface area contributed by atoms with Gasteiger partial charge in [0.25, 0.3) is 0 Å². The van der Waals surface area contributed by atoms with Crippen molar-refractivity contribution in [3.8, 4) is 0 Å². The summed E-state index contributed by atoms with van der Waals surface area (Å²) >= 11 is 0. The van der Waals surface area contributed by atoms with Crippen molar-refractivity contribution in [3.63, 3.8) is 0 Å². The molecular formula is C29H38O7. The third kappa shape index (κ3) is 9.40. The highest BCUT2D eigenvalue weighted by Crippen LogP contribution is 2.40. The number of ether oxygens (including phenoxy) is 1. The van der Waals surface area contributed by atoms with E-state index in [0.29, 0.717) is 5.57 Å². The van der Waals surface area contributed by atoms with Crippen molar-refractivity contribution >= 4 is 17.7 Å². The molecule has 7 nitrogen and oxygen atoms in total. The number of allylic oxidation sites excluding steroid dienone is 13. The first-order chi connectivity index (χ1) is 16.7.